The number of hydrogen-bond donors (Lipinski definition) is 0. The summed E-state index contributed by atoms with van der Waals surface area (Å²) in [6.07, 6.45) is 1.99. The molecule has 0 N–H and O–H groups in total. The third-order valence-corrected chi connectivity index (χ3v) is 3.79. The minimum absolute atomic E-state index is 0.297. The lowest BCUT2D eigenvalue weighted by Gasteiger charge is -2.12. The maximum Gasteiger partial charge on any atom is 0.338 e. The van der Waals surface area contributed by atoms with Gasteiger partial charge in [-0.15, -0.1) is 11.8 Å². The summed E-state index contributed by atoms with van der Waals surface area (Å²) < 4.78 is 4.89. The number of esters is 1. The molecule has 0 saturated carbocycles. The monoisotopic (exact) mass is 272 g/mol. The highest BCUT2D eigenvalue weighted by molar-refractivity contribution is 7.98. The number of hydrogen-bond acceptors (Lipinski definition) is 3. The highest BCUT2D eigenvalue weighted by Gasteiger charge is 2.15. The van der Waals surface area contributed by atoms with E-state index >= 15 is 0 Å². The lowest BCUT2D eigenvalue weighted by atomic mass is 9.96. The zero-order chi connectivity index (χ0) is 13.8. The third-order valence-electron chi connectivity index (χ3n) is 3.07. The fraction of sp³-hybridized carbons (Fsp3) is 0.188. The van der Waals surface area contributed by atoms with Gasteiger partial charge in [0.25, 0.3) is 0 Å². The van der Waals surface area contributed by atoms with E-state index in [9.17, 15) is 4.79 Å². The van der Waals surface area contributed by atoms with Crippen molar-refractivity contribution in [3.8, 4) is 11.1 Å². The molecule has 0 unspecified atom stereocenters. The van der Waals surface area contributed by atoms with Crippen molar-refractivity contribution in [1.29, 1.82) is 0 Å². The lowest BCUT2D eigenvalue weighted by molar-refractivity contribution is 0.0601. The van der Waals surface area contributed by atoms with E-state index in [4.69, 9.17) is 4.74 Å². The van der Waals surface area contributed by atoms with Crippen LogP contribution in [0.5, 0.6) is 0 Å². The summed E-state index contributed by atoms with van der Waals surface area (Å²) in [4.78, 5) is 13.0. The van der Waals surface area contributed by atoms with Gasteiger partial charge in [-0.3, -0.25) is 0 Å². The van der Waals surface area contributed by atoms with E-state index in [0.717, 1.165) is 21.6 Å². The molecule has 2 nitrogen and oxygen atoms in total. The van der Waals surface area contributed by atoms with Crippen LogP contribution < -0.4 is 0 Å². The van der Waals surface area contributed by atoms with Gasteiger partial charge in [-0.25, -0.2) is 4.79 Å². The zero-order valence-corrected chi connectivity index (χ0v) is 12.1. The van der Waals surface area contributed by atoms with Gasteiger partial charge >= 0.3 is 5.97 Å². The molecular formula is C16H16O2S. The van der Waals surface area contributed by atoms with Crippen LogP contribution in [0.3, 0.4) is 0 Å². The molecule has 2 aromatic carbocycles. The van der Waals surface area contributed by atoms with E-state index in [1.165, 1.54) is 7.11 Å². The maximum absolute atomic E-state index is 12.0. The molecule has 0 radical (unpaired) electrons. The number of carbonyl (C=O) groups is 1. The number of carbonyl (C=O) groups excluding carboxylic acids is 1. The van der Waals surface area contributed by atoms with Crippen molar-refractivity contribution in [1.82, 2.24) is 0 Å². The summed E-state index contributed by atoms with van der Waals surface area (Å²) in [6.45, 7) is 2.04. The second-order valence-electron chi connectivity index (χ2n) is 4.22. The van der Waals surface area contributed by atoms with Crippen LogP contribution in [0.1, 0.15) is 15.9 Å². The smallest absolute Gasteiger partial charge is 0.338 e. The Morgan fingerprint density at radius 2 is 1.84 bits per heavy atom. The van der Waals surface area contributed by atoms with Crippen LogP contribution in [-0.4, -0.2) is 19.3 Å². The Hall–Kier alpha value is -1.74. The van der Waals surface area contributed by atoms with Crippen LogP contribution in [-0.2, 0) is 4.74 Å². The van der Waals surface area contributed by atoms with Gasteiger partial charge < -0.3 is 4.74 Å². The first-order valence-corrected chi connectivity index (χ1v) is 7.22. The highest BCUT2D eigenvalue weighted by atomic mass is 32.2. The summed E-state index contributed by atoms with van der Waals surface area (Å²) >= 11 is 1.61. The standard InChI is InChI=1S/C16H16O2S/c1-11-6-4-5-7-13(11)14-9-8-12(19-3)10-15(14)16(17)18-2/h4-10H,1-3H3. The topological polar surface area (TPSA) is 26.3 Å². The predicted molar refractivity (Wildman–Crippen MR) is 79.7 cm³/mol. The largest absolute Gasteiger partial charge is 0.465 e. The van der Waals surface area contributed by atoms with Crippen LogP contribution in [0.25, 0.3) is 11.1 Å². The summed E-state index contributed by atoms with van der Waals surface area (Å²) in [5, 5.41) is 0. The van der Waals surface area contributed by atoms with Gasteiger partial charge in [0.15, 0.2) is 0 Å². The van der Waals surface area contributed by atoms with E-state index in [1.54, 1.807) is 11.8 Å². The molecule has 0 amide bonds. The summed E-state index contributed by atoms with van der Waals surface area (Å²) in [5.74, 6) is -0.297. The quantitative estimate of drug-likeness (QED) is 0.619. The Kier molecular flexibility index (Phi) is 4.27. The van der Waals surface area contributed by atoms with Crippen molar-refractivity contribution in [3.05, 3.63) is 53.6 Å². The molecule has 0 bridgehead atoms. The van der Waals surface area contributed by atoms with Crippen molar-refractivity contribution >= 4 is 17.7 Å². The summed E-state index contributed by atoms with van der Waals surface area (Å²) in [7, 11) is 1.41. The Labute approximate surface area is 117 Å². The molecule has 3 heteroatoms. The van der Waals surface area contributed by atoms with Gasteiger partial charge in [0.05, 0.1) is 12.7 Å². The predicted octanol–water partition coefficient (Wildman–Crippen LogP) is 4.17. The molecule has 0 aliphatic rings. The zero-order valence-electron chi connectivity index (χ0n) is 11.3. The molecule has 0 heterocycles. The minimum atomic E-state index is -0.297. The second-order valence-corrected chi connectivity index (χ2v) is 5.10. The number of thioether (sulfide) groups is 1. The first-order valence-electron chi connectivity index (χ1n) is 5.99. The Morgan fingerprint density at radius 3 is 2.47 bits per heavy atom. The van der Waals surface area contributed by atoms with E-state index in [0.29, 0.717) is 5.56 Å². The first kappa shape index (κ1) is 13.7. The molecule has 0 saturated heterocycles. The van der Waals surface area contributed by atoms with Gasteiger partial charge in [0.1, 0.15) is 0 Å². The average molecular weight is 272 g/mol. The number of benzene rings is 2. The van der Waals surface area contributed by atoms with Gasteiger partial charge in [-0.2, -0.15) is 0 Å². The van der Waals surface area contributed by atoms with Gasteiger partial charge in [-0.1, -0.05) is 30.3 Å². The molecule has 2 rings (SSSR count). The van der Waals surface area contributed by atoms with Crippen LogP contribution in [0, 0.1) is 6.92 Å². The van der Waals surface area contributed by atoms with Crippen molar-refractivity contribution in [2.75, 3.05) is 13.4 Å². The maximum atomic E-state index is 12.0. The molecule has 0 aliphatic carbocycles. The van der Waals surface area contributed by atoms with Crippen molar-refractivity contribution in [2.45, 2.75) is 11.8 Å². The van der Waals surface area contributed by atoms with E-state index in [2.05, 4.69) is 0 Å². The molecule has 0 aliphatic heterocycles. The van der Waals surface area contributed by atoms with Crippen LogP contribution in [0.4, 0.5) is 0 Å². The lowest BCUT2D eigenvalue weighted by Crippen LogP contribution is -2.04. The summed E-state index contributed by atoms with van der Waals surface area (Å²) in [5.41, 5.74) is 3.74. The first-order chi connectivity index (χ1) is 9.17. The third kappa shape index (κ3) is 2.82. The van der Waals surface area contributed by atoms with Crippen molar-refractivity contribution < 1.29 is 9.53 Å². The molecule has 2 aromatic rings. The van der Waals surface area contributed by atoms with Crippen LogP contribution in [0.2, 0.25) is 0 Å². The fourth-order valence-electron chi connectivity index (χ4n) is 2.04. The van der Waals surface area contributed by atoms with Gasteiger partial charge in [0, 0.05) is 4.90 Å². The molecule has 0 spiro atoms. The molecule has 0 fully saturated rings. The van der Waals surface area contributed by atoms with Crippen molar-refractivity contribution in [2.24, 2.45) is 0 Å². The Morgan fingerprint density at radius 1 is 1.11 bits per heavy atom. The minimum Gasteiger partial charge on any atom is -0.465 e. The van der Waals surface area contributed by atoms with E-state index in [1.807, 2.05) is 55.6 Å². The molecule has 0 aromatic heterocycles. The normalized spacial score (nSPS) is 10.3. The highest BCUT2D eigenvalue weighted by Crippen LogP contribution is 2.30. The average Bonchev–Trinajstić information content (AvgIpc) is 2.46. The second kappa shape index (κ2) is 5.93. The molecular weight excluding hydrogens is 256 g/mol. The number of ether oxygens (including phenoxy) is 1. The SMILES string of the molecule is COC(=O)c1cc(SC)ccc1-c1ccccc1C. The molecule has 0 atom stereocenters. The van der Waals surface area contributed by atoms with Gasteiger partial charge in [0.2, 0.25) is 0 Å². The Balaban J connectivity index is 2.63. The van der Waals surface area contributed by atoms with E-state index in [-0.39, 0.29) is 5.97 Å². The van der Waals surface area contributed by atoms with Gasteiger partial charge in [-0.05, 0) is 42.0 Å². The molecule has 19 heavy (non-hydrogen) atoms. The van der Waals surface area contributed by atoms with Crippen molar-refractivity contribution in [3.63, 3.8) is 0 Å². The number of aryl methyl sites for hydroxylation is 1. The fourth-order valence-corrected chi connectivity index (χ4v) is 2.48. The van der Waals surface area contributed by atoms with Crippen LogP contribution in [0.15, 0.2) is 47.4 Å². The molecule has 98 valence electrons. The number of rotatable bonds is 3. The summed E-state index contributed by atoms with van der Waals surface area (Å²) in [6, 6.07) is 13.9. The van der Waals surface area contributed by atoms with E-state index < -0.39 is 0 Å². The van der Waals surface area contributed by atoms with Crippen LogP contribution >= 0.6 is 11.8 Å². The Bertz CT molecular complexity index is 605. The number of methoxy groups -OCH3 is 1.